The van der Waals surface area contributed by atoms with Crippen LogP contribution in [0.5, 0.6) is 0 Å². The Balaban J connectivity index is 1.61. The van der Waals surface area contributed by atoms with Gasteiger partial charge < -0.3 is 9.88 Å². The highest BCUT2D eigenvalue weighted by Gasteiger charge is 2.12. The van der Waals surface area contributed by atoms with Crippen molar-refractivity contribution in [1.29, 1.82) is 0 Å². The fourth-order valence-electron chi connectivity index (χ4n) is 2.89. The molecule has 1 aromatic heterocycles. The summed E-state index contributed by atoms with van der Waals surface area (Å²) in [7, 11) is 1.79. The third-order valence-electron chi connectivity index (χ3n) is 4.43. The number of nitrogens with zero attached hydrogens (tertiary/aromatic N) is 1. The maximum atomic E-state index is 12.6. The van der Waals surface area contributed by atoms with Crippen molar-refractivity contribution in [3.63, 3.8) is 0 Å². The summed E-state index contributed by atoms with van der Waals surface area (Å²) in [5, 5.41) is 9.65. The number of hydrogen-bond donors (Lipinski definition) is 3. The minimum atomic E-state index is -0.604. The fraction of sp³-hybridized carbons (Fsp3) is 0.143. The molecule has 3 N–H and O–H groups in total. The summed E-state index contributed by atoms with van der Waals surface area (Å²) >= 11 is 0. The molecule has 0 fully saturated rings. The number of fused-ring (bicyclic) bond motifs is 1. The minimum Gasteiger partial charge on any atom is -0.361 e. The van der Waals surface area contributed by atoms with E-state index in [2.05, 4.69) is 11.1 Å². The number of likely N-dealkylation sites (N-methyl/N-ethyl adjacent to an activating group) is 1. The van der Waals surface area contributed by atoms with Crippen molar-refractivity contribution in [2.24, 2.45) is 0 Å². The molecule has 27 heavy (non-hydrogen) atoms. The Labute approximate surface area is 157 Å². The van der Waals surface area contributed by atoms with E-state index in [0.717, 1.165) is 17.5 Å². The smallest absolute Gasteiger partial charge is 0.267 e. The molecular weight excluding hydrogens is 342 g/mol. The van der Waals surface area contributed by atoms with E-state index in [4.69, 9.17) is 5.21 Å². The monoisotopic (exact) mass is 363 g/mol. The van der Waals surface area contributed by atoms with Crippen LogP contribution < -0.4 is 5.48 Å². The van der Waals surface area contributed by atoms with Gasteiger partial charge in [-0.2, -0.15) is 0 Å². The van der Waals surface area contributed by atoms with Crippen LogP contribution >= 0.6 is 0 Å². The number of hydrogen-bond acceptors (Lipinski definition) is 3. The van der Waals surface area contributed by atoms with Crippen molar-refractivity contribution < 1.29 is 14.8 Å². The zero-order valence-corrected chi connectivity index (χ0v) is 15.0. The van der Waals surface area contributed by atoms with E-state index >= 15 is 0 Å². The third kappa shape index (κ3) is 4.43. The summed E-state index contributed by atoms with van der Waals surface area (Å²) in [6.45, 7) is 0.610. The van der Waals surface area contributed by atoms with Gasteiger partial charge in [-0.1, -0.05) is 30.3 Å². The number of H-pyrrole nitrogens is 1. The van der Waals surface area contributed by atoms with E-state index in [0.29, 0.717) is 12.1 Å². The van der Waals surface area contributed by atoms with Gasteiger partial charge in [0.2, 0.25) is 0 Å². The summed E-state index contributed by atoms with van der Waals surface area (Å²) < 4.78 is 0. The maximum absolute atomic E-state index is 12.6. The number of amides is 2. The first kappa shape index (κ1) is 18.4. The van der Waals surface area contributed by atoms with Gasteiger partial charge in [0.05, 0.1) is 0 Å². The SMILES string of the molecule is CN(CCc1c[nH]c2ccccc12)C(=O)c1ccc(/C=C/C(=O)NO)cc1. The van der Waals surface area contributed by atoms with E-state index in [1.54, 1.807) is 42.3 Å². The summed E-state index contributed by atoms with van der Waals surface area (Å²) in [4.78, 5) is 28.5. The lowest BCUT2D eigenvalue weighted by molar-refractivity contribution is -0.124. The Morgan fingerprint density at radius 1 is 1.15 bits per heavy atom. The van der Waals surface area contributed by atoms with Crippen LogP contribution in [0, 0.1) is 0 Å². The van der Waals surface area contributed by atoms with Gasteiger partial charge in [0, 0.05) is 42.3 Å². The molecule has 0 spiro atoms. The molecule has 3 rings (SSSR count). The molecule has 0 aliphatic heterocycles. The van der Waals surface area contributed by atoms with Crippen molar-refractivity contribution in [3.8, 4) is 0 Å². The average molecular weight is 363 g/mol. The molecule has 0 bridgehead atoms. The second-order valence-electron chi connectivity index (χ2n) is 6.27. The molecule has 138 valence electrons. The van der Waals surface area contributed by atoms with Gasteiger partial charge >= 0.3 is 0 Å². The lowest BCUT2D eigenvalue weighted by Crippen LogP contribution is -2.28. The molecule has 6 heteroatoms. The molecule has 1 heterocycles. The predicted octanol–water partition coefficient (Wildman–Crippen LogP) is 3.00. The molecular formula is C21H21N3O3. The molecule has 0 aliphatic rings. The van der Waals surface area contributed by atoms with Gasteiger partial charge in [-0.15, -0.1) is 0 Å². The van der Waals surface area contributed by atoms with Crippen molar-refractivity contribution in [2.45, 2.75) is 6.42 Å². The van der Waals surface area contributed by atoms with Gasteiger partial charge in [-0.05, 0) is 41.8 Å². The zero-order valence-electron chi connectivity index (χ0n) is 15.0. The van der Waals surface area contributed by atoms with Crippen LogP contribution in [0.3, 0.4) is 0 Å². The number of para-hydroxylation sites is 1. The van der Waals surface area contributed by atoms with Crippen LogP contribution in [0.15, 0.2) is 60.8 Å². The van der Waals surface area contributed by atoms with Crippen molar-refractivity contribution >= 4 is 28.8 Å². The summed E-state index contributed by atoms with van der Waals surface area (Å²) in [5.41, 5.74) is 5.16. The molecule has 6 nitrogen and oxygen atoms in total. The van der Waals surface area contributed by atoms with E-state index in [9.17, 15) is 9.59 Å². The van der Waals surface area contributed by atoms with Gasteiger partial charge in [0.25, 0.3) is 11.8 Å². The number of aromatic nitrogens is 1. The van der Waals surface area contributed by atoms with Gasteiger partial charge in [-0.25, -0.2) is 5.48 Å². The van der Waals surface area contributed by atoms with E-state index in [-0.39, 0.29) is 5.91 Å². The highest BCUT2D eigenvalue weighted by molar-refractivity contribution is 5.95. The second kappa shape index (κ2) is 8.33. The van der Waals surface area contributed by atoms with Gasteiger partial charge in [-0.3, -0.25) is 14.8 Å². The number of nitrogens with one attached hydrogen (secondary N) is 2. The Morgan fingerprint density at radius 3 is 2.63 bits per heavy atom. The van der Waals surface area contributed by atoms with Crippen LogP contribution in [0.25, 0.3) is 17.0 Å². The normalized spacial score (nSPS) is 11.0. The van der Waals surface area contributed by atoms with Crippen molar-refractivity contribution in [2.75, 3.05) is 13.6 Å². The molecule has 0 atom stereocenters. The summed E-state index contributed by atoms with van der Waals surface area (Å²) in [5.74, 6) is -0.661. The molecule has 0 unspecified atom stereocenters. The highest BCUT2D eigenvalue weighted by atomic mass is 16.5. The van der Waals surface area contributed by atoms with Crippen LogP contribution in [0.4, 0.5) is 0 Å². The number of hydroxylamine groups is 1. The second-order valence-corrected chi connectivity index (χ2v) is 6.27. The highest BCUT2D eigenvalue weighted by Crippen LogP contribution is 2.18. The summed E-state index contributed by atoms with van der Waals surface area (Å²) in [6, 6.07) is 15.1. The number of benzene rings is 2. The Morgan fingerprint density at radius 2 is 1.89 bits per heavy atom. The number of aromatic amines is 1. The molecule has 0 saturated heterocycles. The summed E-state index contributed by atoms with van der Waals surface area (Å²) in [6.07, 6.45) is 5.53. The largest absolute Gasteiger partial charge is 0.361 e. The lowest BCUT2D eigenvalue weighted by atomic mass is 10.1. The molecule has 0 aliphatic carbocycles. The predicted molar refractivity (Wildman–Crippen MR) is 104 cm³/mol. The van der Waals surface area contributed by atoms with Crippen LogP contribution in [0.2, 0.25) is 0 Å². The fourth-order valence-corrected chi connectivity index (χ4v) is 2.89. The quantitative estimate of drug-likeness (QED) is 0.357. The molecule has 0 saturated carbocycles. The Bertz CT molecular complexity index is 974. The van der Waals surface area contributed by atoms with Crippen LogP contribution in [-0.4, -0.2) is 40.5 Å². The van der Waals surface area contributed by atoms with E-state index in [1.165, 1.54) is 22.5 Å². The number of rotatable bonds is 6. The third-order valence-corrected chi connectivity index (χ3v) is 4.43. The molecule has 2 aromatic carbocycles. The lowest BCUT2D eigenvalue weighted by Gasteiger charge is -2.17. The standard InChI is InChI=1S/C21H21N3O3/c1-24(13-12-17-14-22-19-5-3-2-4-18(17)19)21(26)16-9-6-15(7-10-16)8-11-20(25)23-27/h2-11,14,22,27H,12-13H2,1H3,(H,23,25)/b11-8+. The maximum Gasteiger partial charge on any atom is 0.267 e. The molecule has 0 radical (unpaired) electrons. The average Bonchev–Trinajstić information content (AvgIpc) is 3.13. The Hall–Kier alpha value is -3.38. The van der Waals surface area contributed by atoms with Gasteiger partial charge in [0.15, 0.2) is 0 Å². The van der Waals surface area contributed by atoms with E-state index in [1.807, 2.05) is 24.4 Å². The van der Waals surface area contributed by atoms with Crippen molar-refractivity contribution in [1.82, 2.24) is 15.4 Å². The zero-order chi connectivity index (χ0) is 19.2. The number of carbonyl (C=O) groups is 2. The molecule has 3 aromatic rings. The van der Waals surface area contributed by atoms with Crippen LogP contribution in [0.1, 0.15) is 21.5 Å². The topological polar surface area (TPSA) is 85.4 Å². The first-order chi connectivity index (χ1) is 13.1. The van der Waals surface area contributed by atoms with Gasteiger partial charge in [0.1, 0.15) is 0 Å². The molecule has 2 amide bonds. The van der Waals surface area contributed by atoms with Crippen LogP contribution in [-0.2, 0) is 11.2 Å². The van der Waals surface area contributed by atoms with E-state index < -0.39 is 5.91 Å². The first-order valence-corrected chi connectivity index (χ1v) is 8.61. The first-order valence-electron chi connectivity index (χ1n) is 8.61. The minimum absolute atomic E-state index is 0.0570. The van der Waals surface area contributed by atoms with Crippen molar-refractivity contribution in [3.05, 3.63) is 77.5 Å². The Kier molecular flexibility index (Phi) is 5.68. The number of carbonyl (C=O) groups excluding carboxylic acids is 2.